The van der Waals surface area contributed by atoms with Gasteiger partial charge in [0.1, 0.15) is 29.1 Å². The predicted molar refractivity (Wildman–Crippen MR) is 189 cm³/mol. The number of anilines is 1. The molecule has 5 rings (SSSR count). The number of benzene rings is 3. The molecule has 1 fully saturated rings. The van der Waals surface area contributed by atoms with Gasteiger partial charge in [0.2, 0.25) is 5.91 Å². The highest BCUT2D eigenvalue weighted by atomic mass is 16.6. The molecule has 0 radical (unpaired) electrons. The molecule has 2 unspecified atom stereocenters. The Kier molecular flexibility index (Phi) is 10.4. The van der Waals surface area contributed by atoms with E-state index in [1.807, 2.05) is 55.6 Å². The summed E-state index contributed by atoms with van der Waals surface area (Å²) in [5.41, 5.74) is 4.09. The number of piperidine rings is 1. The van der Waals surface area contributed by atoms with Crippen LogP contribution in [0.5, 0.6) is 5.75 Å². The maximum Gasteiger partial charge on any atom is 0.410 e. The number of ether oxygens (including phenoxy) is 1. The van der Waals surface area contributed by atoms with Crippen molar-refractivity contribution < 1.29 is 24.2 Å². The van der Waals surface area contributed by atoms with E-state index in [9.17, 15) is 19.5 Å². The number of amides is 3. The molecule has 49 heavy (non-hydrogen) atoms. The lowest BCUT2D eigenvalue weighted by Gasteiger charge is -2.39. The molecule has 2 heterocycles. The molecule has 4 aromatic rings. The standard InChI is InChI=1S/C39H43N5O5/c1-26-15-22-33(45)31(24-26)34-29(25-42(5)41-34)19-16-27-17-20-30(21-18-27)40-36(46)32-14-10-11-23-44(32)37(47)35(28-12-8-7-9-13-28)43(6)38(48)49-39(2,3)4/h7-9,12-13,15,17-18,20-22,24-25,32,35,45H,10-11,14,23H2,1-6H3,(H,40,46). The molecule has 2 N–H and O–H groups in total. The fraction of sp³-hybridized carbons (Fsp3) is 0.333. The first kappa shape index (κ1) is 34.8. The number of nitrogens with one attached hydrogen (secondary N) is 1. The van der Waals surface area contributed by atoms with E-state index in [0.717, 1.165) is 24.0 Å². The van der Waals surface area contributed by atoms with Gasteiger partial charge >= 0.3 is 6.09 Å². The van der Waals surface area contributed by atoms with Crippen LogP contribution in [0.4, 0.5) is 10.5 Å². The van der Waals surface area contributed by atoms with Crippen LogP contribution >= 0.6 is 0 Å². The zero-order valence-corrected chi connectivity index (χ0v) is 28.9. The maximum atomic E-state index is 14.2. The third-order valence-electron chi connectivity index (χ3n) is 8.24. The molecule has 254 valence electrons. The van der Waals surface area contributed by atoms with Crippen molar-refractivity contribution in [3.05, 3.63) is 101 Å². The van der Waals surface area contributed by atoms with Crippen LogP contribution in [0.15, 0.2) is 79.0 Å². The Morgan fingerprint density at radius 2 is 1.73 bits per heavy atom. The van der Waals surface area contributed by atoms with Gasteiger partial charge in [0.25, 0.3) is 5.91 Å². The van der Waals surface area contributed by atoms with Crippen molar-refractivity contribution in [2.75, 3.05) is 18.9 Å². The van der Waals surface area contributed by atoms with E-state index >= 15 is 0 Å². The SMILES string of the molecule is Cc1ccc(O)c(-c2nn(C)cc2C#Cc2ccc(NC(=O)C3CCCCN3C(=O)C(c3ccccc3)N(C)C(=O)OC(C)(C)C)cc2)c1. The Balaban J connectivity index is 1.32. The number of carbonyl (C=O) groups is 3. The summed E-state index contributed by atoms with van der Waals surface area (Å²) in [6.45, 7) is 7.68. The highest BCUT2D eigenvalue weighted by molar-refractivity contribution is 5.98. The van der Waals surface area contributed by atoms with Crippen molar-refractivity contribution in [2.24, 2.45) is 7.05 Å². The van der Waals surface area contributed by atoms with Crippen LogP contribution in [-0.2, 0) is 21.4 Å². The van der Waals surface area contributed by atoms with Crippen molar-refractivity contribution in [3.63, 3.8) is 0 Å². The molecular weight excluding hydrogens is 618 g/mol. The lowest BCUT2D eigenvalue weighted by atomic mass is 9.97. The number of carbonyl (C=O) groups excluding carboxylic acids is 3. The summed E-state index contributed by atoms with van der Waals surface area (Å²) in [6, 6.07) is 20.0. The summed E-state index contributed by atoms with van der Waals surface area (Å²) >= 11 is 0. The number of nitrogens with zero attached hydrogens (tertiary/aromatic N) is 4. The van der Waals surface area contributed by atoms with Gasteiger partial charge in [-0.05, 0) is 88.9 Å². The molecule has 3 amide bonds. The monoisotopic (exact) mass is 661 g/mol. The van der Waals surface area contributed by atoms with E-state index in [4.69, 9.17) is 4.74 Å². The van der Waals surface area contributed by atoms with Crippen LogP contribution in [0.1, 0.15) is 68.3 Å². The summed E-state index contributed by atoms with van der Waals surface area (Å²) < 4.78 is 7.26. The van der Waals surface area contributed by atoms with Crippen molar-refractivity contribution in [1.29, 1.82) is 0 Å². The molecule has 1 saturated heterocycles. The van der Waals surface area contributed by atoms with Crippen LogP contribution in [0, 0.1) is 18.8 Å². The number of likely N-dealkylation sites (N-methyl/N-ethyl adjacent to an activating group) is 1. The average Bonchev–Trinajstić information content (AvgIpc) is 3.45. The number of rotatable bonds is 6. The van der Waals surface area contributed by atoms with E-state index in [-0.39, 0.29) is 17.6 Å². The van der Waals surface area contributed by atoms with Gasteiger partial charge in [0.15, 0.2) is 0 Å². The van der Waals surface area contributed by atoms with E-state index < -0.39 is 23.8 Å². The molecular formula is C39H43N5O5. The first-order valence-electron chi connectivity index (χ1n) is 16.4. The van der Waals surface area contributed by atoms with Gasteiger partial charge < -0.3 is 20.1 Å². The molecule has 1 aliphatic heterocycles. The second-order valence-electron chi connectivity index (χ2n) is 13.3. The van der Waals surface area contributed by atoms with E-state index in [0.29, 0.717) is 41.0 Å². The van der Waals surface area contributed by atoms with Crippen molar-refractivity contribution >= 4 is 23.6 Å². The van der Waals surface area contributed by atoms with Crippen LogP contribution in [0.25, 0.3) is 11.3 Å². The van der Waals surface area contributed by atoms with Crippen molar-refractivity contribution in [3.8, 4) is 28.8 Å². The van der Waals surface area contributed by atoms with Gasteiger partial charge in [-0.2, -0.15) is 5.10 Å². The topological polar surface area (TPSA) is 117 Å². The molecule has 10 nitrogen and oxygen atoms in total. The van der Waals surface area contributed by atoms with Gasteiger partial charge in [0, 0.05) is 43.7 Å². The molecule has 1 aromatic heterocycles. The van der Waals surface area contributed by atoms with E-state index in [1.54, 1.807) is 74.8 Å². The minimum Gasteiger partial charge on any atom is -0.507 e. The molecule has 1 aliphatic rings. The molecule has 3 aromatic carbocycles. The number of phenols is 1. The fourth-order valence-corrected chi connectivity index (χ4v) is 5.85. The predicted octanol–water partition coefficient (Wildman–Crippen LogP) is 6.43. The van der Waals surface area contributed by atoms with Crippen LogP contribution in [0.3, 0.4) is 0 Å². The van der Waals surface area contributed by atoms with Crippen LogP contribution in [0.2, 0.25) is 0 Å². The van der Waals surface area contributed by atoms with Gasteiger partial charge in [-0.3, -0.25) is 19.2 Å². The van der Waals surface area contributed by atoms with Gasteiger partial charge in [-0.25, -0.2) is 4.79 Å². The lowest BCUT2D eigenvalue weighted by Crippen LogP contribution is -2.54. The zero-order valence-electron chi connectivity index (χ0n) is 28.9. The summed E-state index contributed by atoms with van der Waals surface area (Å²) in [7, 11) is 3.36. The molecule has 0 spiro atoms. The summed E-state index contributed by atoms with van der Waals surface area (Å²) in [5.74, 6) is 5.83. The zero-order chi connectivity index (χ0) is 35.3. The Morgan fingerprint density at radius 3 is 2.43 bits per heavy atom. The molecule has 0 bridgehead atoms. The number of hydrogen-bond acceptors (Lipinski definition) is 6. The van der Waals surface area contributed by atoms with Gasteiger partial charge in [0.05, 0.1) is 5.56 Å². The minimum absolute atomic E-state index is 0.135. The number of hydrogen-bond donors (Lipinski definition) is 2. The number of aromatic hydroxyl groups is 1. The maximum absolute atomic E-state index is 14.2. The number of likely N-dealkylation sites (tertiary alicyclic amines) is 1. The van der Waals surface area contributed by atoms with Crippen LogP contribution in [-0.4, -0.2) is 67.8 Å². The van der Waals surface area contributed by atoms with Gasteiger partial charge in [-0.15, -0.1) is 0 Å². The fourth-order valence-electron chi connectivity index (χ4n) is 5.85. The largest absolute Gasteiger partial charge is 0.507 e. The number of aromatic nitrogens is 2. The lowest BCUT2D eigenvalue weighted by molar-refractivity contribution is -0.144. The number of aryl methyl sites for hydroxylation is 2. The third kappa shape index (κ3) is 8.49. The Hall–Kier alpha value is -5.56. The molecule has 0 saturated carbocycles. The number of phenolic OH excluding ortho intramolecular Hbond substituents is 1. The second kappa shape index (κ2) is 14.7. The van der Waals surface area contributed by atoms with Crippen molar-refractivity contribution in [1.82, 2.24) is 19.6 Å². The smallest absolute Gasteiger partial charge is 0.410 e. The third-order valence-corrected chi connectivity index (χ3v) is 8.24. The summed E-state index contributed by atoms with van der Waals surface area (Å²) in [6.07, 6.45) is 3.24. The summed E-state index contributed by atoms with van der Waals surface area (Å²) in [4.78, 5) is 43.9. The Labute approximate surface area is 287 Å². The quantitative estimate of drug-likeness (QED) is 0.230. The highest BCUT2D eigenvalue weighted by Crippen LogP contribution is 2.31. The van der Waals surface area contributed by atoms with Crippen molar-refractivity contribution in [2.45, 2.75) is 64.6 Å². The Bertz CT molecular complexity index is 1880. The van der Waals surface area contributed by atoms with E-state index in [1.165, 1.54) is 4.90 Å². The summed E-state index contributed by atoms with van der Waals surface area (Å²) in [5, 5.41) is 17.9. The molecule has 2 atom stereocenters. The average molecular weight is 662 g/mol. The molecule has 0 aliphatic carbocycles. The second-order valence-corrected chi connectivity index (χ2v) is 13.3. The van der Waals surface area contributed by atoms with Gasteiger partial charge in [-0.1, -0.05) is 53.8 Å². The normalized spacial score (nSPS) is 15.1. The Morgan fingerprint density at radius 1 is 1.02 bits per heavy atom. The van der Waals surface area contributed by atoms with Crippen LogP contribution < -0.4 is 5.32 Å². The molecule has 10 heteroatoms. The first-order chi connectivity index (χ1) is 23.3. The van der Waals surface area contributed by atoms with E-state index in [2.05, 4.69) is 22.3 Å². The highest BCUT2D eigenvalue weighted by Gasteiger charge is 2.40. The minimum atomic E-state index is -0.961. The first-order valence-corrected chi connectivity index (χ1v) is 16.4.